The molecule has 0 atom stereocenters. The van der Waals surface area contributed by atoms with Crippen LogP contribution in [-0.2, 0) is 0 Å². The van der Waals surface area contributed by atoms with Crippen LogP contribution in [0.1, 0.15) is 59.3 Å². The van der Waals surface area contributed by atoms with Crippen molar-refractivity contribution in [1.29, 1.82) is 0 Å². The lowest BCUT2D eigenvalue weighted by Gasteiger charge is -2.27. The molecule has 0 heterocycles. The molecule has 0 aromatic heterocycles. The normalized spacial score (nSPS) is 18.6. The van der Waals surface area contributed by atoms with E-state index in [1.807, 2.05) is 0 Å². The second-order valence-electron chi connectivity index (χ2n) is 6.47. The zero-order chi connectivity index (χ0) is 15.7. The SMILES string of the molecule is CCN(CCNC(=O)NCC1(O)CCCCCC1)C(C)C. The Labute approximate surface area is 129 Å². The third kappa shape index (κ3) is 7.14. The molecule has 21 heavy (non-hydrogen) atoms. The first-order valence-electron chi connectivity index (χ1n) is 8.45. The molecule has 0 aromatic rings. The number of hydrogen-bond donors (Lipinski definition) is 3. The molecular formula is C16H33N3O2. The van der Waals surface area contributed by atoms with Gasteiger partial charge in [0.15, 0.2) is 0 Å². The number of amides is 2. The minimum atomic E-state index is -0.707. The summed E-state index contributed by atoms with van der Waals surface area (Å²) in [4.78, 5) is 14.1. The summed E-state index contributed by atoms with van der Waals surface area (Å²) in [6.45, 7) is 9.28. The first kappa shape index (κ1) is 18.2. The third-order valence-electron chi connectivity index (χ3n) is 4.43. The fourth-order valence-electron chi connectivity index (χ4n) is 2.97. The van der Waals surface area contributed by atoms with Crippen LogP contribution in [0.15, 0.2) is 0 Å². The topological polar surface area (TPSA) is 64.6 Å². The number of carbonyl (C=O) groups is 1. The van der Waals surface area contributed by atoms with Crippen LogP contribution in [0.25, 0.3) is 0 Å². The molecule has 1 rings (SSSR count). The highest BCUT2D eigenvalue weighted by atomic mass is 16.3. The zero-order valence-electron chi connectivity index (χ0n) is 14.0. The van der Waals surface area contributed by atoms with Crippen LogP contribution in [0.5, 0.6) is 0 Å². The van der Waals surface area contributed by atoms with Crippen molar-refractivity contribution in [3.05, 3.63) is 0 Å². The standard InChI is InChI=1S/C16H33N3O2/c1-4-19(14(2)3)12-11-17-15(20)18-13-16(21)9-7-5-6-8-10-16/h14,21H,4-13H2,1-3H3,(H2,17,18,20). The molecule has 5 heteroatoms. The molecule has 5 nitrogen and oxygen atoms in total. The van der Waals surface area contributed by atoms with Gasteiger partial charge in [0.05, 0.1) is 5.60 Å². The van der Waals surface area contributed by atoms with Crippen molar-refractivity contribution in [3.8, 4) is 0 Å². The van der Waals surface area contributed by atoms with Crippen LogP contribution >= 0.6 is 0 Å². The quantitative estimate of drug-likeness (QED) is 0.631. The molecular weight excluding hydrogens is 266 g/mol. The van der Waals surface area contributed by atoms with E-state index in [9.17, 15) is 9.90 Å². The van der Waals surface area contributed by atoms with Gasteiger partial charge in [-0.15, -0.1) is 0 Å². The second kappa shape index (κ2) is 9.26. The zero-order valence-corrected chi connectivity index (χ0v) is 14.0. The van der Waals surface area contributed by atoms with Crippen molar-refractivity contribution in [3.63, 3.8) is 0 Å². The first-order valence-corrected chi connectivity index (χ1v) is 8.45. The van der Waals surface area contributed by atoms with Gasteiger partial charge in [0.2, 0.25) is 0 Å². The molecule has 3 N–H and O–H groups in total. The Morgan fingerprint density at radius 2 is 1.81 bits per heavy atom. The number of hydrogen-bond acceptors (Lipinski definition) is 3. The van der Waals surface area contributed by atoms with E-state index in [2.05, 4.69) is 36.3 Å². The summed E-state index contributed by atoms with van der Waals surface area (Å²) in [5, 5.41) is 16.2. The Morgan fingerprint density at radius 1 is 1.19 bits per heavy atom. The average Bonchev–Trinajstić information content (AvgIpc) is 2.66. The average molecular weight is 299 g/mol. The Balaban J connectivity index is 2.21. The number of carbonyl (C=O) groups excluding carboxylic acids is 1. The highest BCUT2D eigenvalue weighted by molar-refractivity contribution is 5.73. The molecule has 0 spiro atoms. The Bertz CT molecular complexity index is 300. The fraction of sp³-hybridized carbons (Fsp3) is 0.938. The fourth-order valence-corrected chi connectivity index (χ4v) is 2.97. The van der Waals surface area contributed by atoms with Crippen molar-refractivity contribution in [2.45, 2.75) is 70.9 Å². The van der Waals surface area contributed by atoms with Gasteiger partial charge in [0, 0.05) is 25.7 Å². The van der Waals surface area contributed by atoms with Crippen LogP contribution in [0.3, 0.4) is 0 Å². The number of nitrogens with one attached hydrogen (secondary N) is 2. The number of urea groups is 1. The predicted octanol–water partition coefficient (Wildman–Crippen LogP) is 2.10. The van der Waals surface area contributed by atoms with Crippen LogP contribution in [0.4, 0.5) is 4.79 Å². The lowest BCUT2D eigenvalue weighted by atomic mass is 9.95. The van der Waals surface area contributed by atoms with E-state index in [-0.39, 0.29) is 6.03 Å². The van der Waals surface area contributed by atoms with Gasteiger partial charge in [-0.1, -0.05) is 32.6 Å². The van der Waals surface area contributed by atoms with Crippen LogP contribution < -0.4 is 10.6 Å². The van der Waals surface area contributed by atoms with Gasteiger partial charge in [-0.25, -0.2) is 4.79 Å². The van der Waals surface area contributed by atoms with E-state index in [1.54, 1.807) is 0 Å². The number of likely N-dealkylation sites (N-methyl/N-ethyl adjacent to an activating group) is 1. The number of rotatable bonds is 7. The Hall–Kier alpha value is -0.810. The molecule has 1 saturated carbocycles. The monoisotopic (exact) mass is 299 g/mol. The molecule has 0 aliphatic heterocycles. The molecule has 0 unspecified atom stereocenters. The van der Waals surface area contributed by atoms with Gasteiger partial charge >= 0.3 is 6.03 Å². The van der Waals surface area contributed by atoms with Crippen molar-refractivity contribution in [2.75, 3.05) is 26.2 Å². The van der Waals surface area contributed by atoms with E-state index in [1.165, 1.54) is 12.8 Å². The van der Waals surface area contributed by atoms with Gasteiger partial charge < -0.3 is 15.7 Å². The van der Waals surface area contributed by atoms with Gasteiger partial charge in [-0.2, -0.15) is 0 Å². The molecule has 0 radical (unpaired) electrons. The summed E-state index contributed by atoms with van der Waals surface area (Å²) in [6, 6.07) is 0.319. The van der Waals surface area contributed by atoms with E-state index in [0.717, 1.165) is 38.8 Å². The lowest BCUT2D eigenvalue weighted by Crippen LogP contribution is -2.47. The van der Waals surface area contributed by atoms with Crippen molar-refractivity contribution in [1.82, 2.24) is 15.5 Å². The molecule has 0 aromatic carbocycles. The summed E-state index contributed by atoms with van der Waals surface area (Å²) in [6.07, 6.45) is 6.08. The van der Waals surface area contributed by atoms with Crippen LogP contribution in [0.2, 0.25) is 0 Å². The summed E-state index contributed by atoms with van der Waals surface area (Å²) in [5.74, 6) is 0. The predicted molar refractivity (Wildman–Crippen MR) is 86.4 cm³/mol. The molecule has 0 bridgehead atoms. The van der Waals surface area contributed by atoms with E-state index in [0.29, 0.717) is 19.1 Å². The molecule has 2 amide bonds. The molecule has 1 aliphatic carbocycles. The highest BCUT2D eigenvalue weighted by Crippen LogP contribution is 2.26. The van der Waals surface area contributed by atoms with E-state index >= 15 is 0 Å². The molecule has 1 fully saturated rings. The lowest BCUT2D eigenvalue weighted by molar-refractivity contribution is 0.0276. The second-order valence-corrected chi connectivity index (χ2v) is 6.47. The van der Waals surface area contributed by atoms with Gasteiger partial charge in [-0.05, 0) is 33.2 Å². The summed E-state index contributed by atoms with van der Waals surface area (Å²) >= 11 is 0. The van der Waals surface area contributed by atoms with Gasteiger partial charge in [-0.3, -0.25) is 4.90 Å². The van der Waals surface area contributed by atoms with Crippen LogP contribution in [-0.4, -0.2) is 53.9 Å². The summed E-state index contributed by atoms with van der Waals surface area (Å²) < 4.78 is 0. The van der Waals surface area contributed by atoms with Crippen LogP contribution in [0, 0.1) is 0 Å². The van der Waals surface area contributed by atoms with Gasteiger partial charge in [0.1, 0.15) is 0 Å². The molecule has 1 aliphatic rings. The maximum atomic E-state index is 11.8. The Kier molecular flexibility index (Phi) is 8.04. The Morgan fingerprint density at radius 3 is 2.33 bits per heavy atom. The third-order valence-corrected chi connectivity index (χ3v) is 4.43. The number of aliphatic hydroxyl groups is 1. The van der Waals surface area contributed by atoms with Crippen molar-refractivity contribution in [2.24, 2.45) is 0 Å². The van der Waals surface area contributed by atoms with Crippen molar-refractivity contribution >= 4 is 6.03 Å². The van der Waals surface area contributed by atoms with Crippen molar-refractivity contribution < 1.29 is 9.90 Å². The minimum Gasteiger partial charge on any atom is -0.388 e. The van der Waals surface area contributed by atoms with E-state index < -0.39 is 5.60 Å². The summed E-state index contributed by atoms with van der Waals surface area (Å²) in [5.41, 5.74) is -0.707. The first-order chi connectivity index (χ1) is 9.97. The molecule has 0 saturated heterocycles. The minimum absolute atomic E-state index is 0.174. The van der Waals surface area contributed by atoms with Gasteiger partial charge in [0.25, 0.3) is 0 Å². The number of nitrogens with zero attached hydrogens (tertiary/aromatic N) is 1. The highest BCUT2D eigenvalue weighted by Gasteiger charge is 2.28. The maximum Gasteiger partial charge on any atom is 0.314 e. The largest absolute Gasteiger partial charge is 0.388 e. The summed E-state index contributed by atoms with van der Waals surface area (Å²) in [7, 11) is 0. The molecule has 124 valence electrons. The van der Waals surface area contributed by atoms with E-state index in [4.69, 9.17) is 0 Å². The smallest absolute Gasteiger partial charge is 0.314 e. The maximum absolute atomic E-state index is 11.8.